The van der Waals surface area contributed by atoms with Crippen LogP contribution < -0.4 is 0 Å². The van der Waals surface area contributed by atoms with Crippen LogP contribution in [0.25, 0.3) is 0 Å². The van der Waals surface area contributed by atoms with E-state index in [1.54, 1.807) is 0 Å². The fourth-order valence-electron chi connectivity index (χ4n) is 3.50. The van der Waals surface area contributed by atoms with E-state index >= 15 is 0 Å². The molecule has 0 fully saturated rings. The number of hydrogen-bond acceptors (Lipinski definition) is 12. The van der Waals surface area contributed by atoms with Crippen LogP contribution in [0.5, 0.6) is 0 Å². The van der Waals surface area contributed by atoms with Gasteiger partial charge in [-0.25, -0.2) is 0 Å². The molecule has 0 unspecified atom stereocenters. The van der Waals surface area contributed by atoms with Crippen molar-refractivity contribution < 1.29 is 62.1 Å². The van der Waals surface area contributed by atoms with Gasteiger partial charge in [0.25, 0.3) is 0 Å². The Hall–Kier alpha value is -1.42. The highest BCUT2D eigenvalue weighted by Gasteiger charge is 2.04. The molecular formula is C31H60O13. The first-order valence-corrected chi connectivity index (χ1v) is 16.2. The summed E-state index contributed by atoms with van der Waals surface area (Å²) in [5.41, 5.74) is 0. The fourth-order valence-corrected chi connectivity index (χ4v) is 3.50. The van der Waals surface area contributed by atoms with E-state index in [2.05, 4.69) is 6.92 Å². The molecule has 0 heterocycles. The van der Waals surface area contributed by atoms with Crippen molar-refractivity contribution in [2.24, 2.45) is 0 Å². The van der Waals surface area contributed by atoms with Crippen molar-refractivity contribution in [2.45, 2.75) is 64.7 Å². The van der Waals surface area contributed by atoms with Gasteiger partial charge < -0.3 is 52.5 Å². The molecule has 0 aromatic rings. The Labute approximate surface area is 264 Å². The van der Waals surface area contributed by atoms with Crippen LogP contribution in [0, 0.1) is 0 Å². The Morgan fingerprint density at radius 2 is 0.705 bits per heavy atom. The van der Waals surface area contributed by atoms with Gasteiger partial charge >= 0.3 is 11.9 Å². The van der Waals surface area contributed by atoms with Gasteiger partial charge in [0.1, 0.15) is 6.61 Å². The van der Waals surface area contributed by atoms with E-state index < -0.39 is 5.97 Å². The molecule has 13 heteroatoms. The molecule has 0 saturated heterocycles. The van der Waals surface area contributed by atoms with Crippen LogP contribution in [0.1, 0.15) is 64.7 Å². The number of unbranched alkanes of at least 4 members (excludes halogenated alkanes) is 5. The maximum Gasteiger partial charge on any atom is 0.305 e. The minimum absolute atomic E-state index is 0.0635. The number of carboxylic acids is 1. The monoisotopic (exact) mass is 640 g/mol. The fraction of sp³-hybridized carbons (Fsp3) is 0.935. The third-order valence-corrected chi connectivity index (χ3v) is 5.88. The summed E-state index contributed by atoms with van der Waals surface area (Å²) in [5, 5.41) is 8.54. The topological polar surface area (TPSA) is 147 Å². The number of carboxylic acid groups (broad SMARTS) is 1. The number of aliphatic carboxylic acids is 1. The number of carbonyl (C=O) groups is 2. The van der Waals surface area contributed by atoms with Crippen LogP contribution in [-0.4, -0.2) is 143 Å². The van der Waals surface area contributed by atoms with E-state index in [1.807, 2.05) is 0 Å². The predicted molar refractivity (Wildman–Crippen MR) is 163 cm³/mol. The van der Waals surface area contributed by atoms with Crippen molar-refractivity contribution in [3.63, 3.8) is 0 Å². The highest BCUT2D eigenvalue weighted by molar-refractivity contribution is 5.69. The molecule has 13 nitrogen and oxygen atoms in total. The van der Waals surface area contributed by atoms with E-state index in [9.17, 15) is 9.59 Å². The van der Waals surface area contributed by atoms with E-state index in [0.29, 0.717) is 119 Å². The first kappa shape index (κ1) is 42.6. The number of rotatable bonds is 38. The lowest BCUT2D eigenvalue weighted by Crippen LogP contribution is -2.15. The highest BCUT2D eigenvalue weighted by Crippen LogP contribution is 2.02. The molecule has 0 amide bonds. The second kappa shape index (κ2) is 37.8. The summed E-state index contributed by atoms with van der Waals surface area (Å²) in [4.78, 5) is 21.9. The molecule has 0 atom stereocenters. The molecular weight excluding hydrogens is 580 g/mol. The van der Waals surface area contributed by atoms with Crippen molar-refractivity contribution in [2.75, 3.05) is 126 Å². The van der Waals surface area contributed by atoms with Gasteiger partial charge in [-0.15, -0.1) is 0 Å². The van der Waals surface area contributed by atoms with Crippen molar-refractivity contribution in [3.05, 3.63) is 0 Å². The van der Waals surface area contributed by atoms with E-state index in [0.717, 1.165) is 13.0 Å². The zero-order chi connectivity index (χ0) is 32.0. The van der Waals surface area contributed by atoms with E-state index in [1.165, 1.54) is 25.7 Å². The van der Waals surface area contributed by atoms with Gasteiger partial charge in [0.15, 0.2) is 0 Å². The van der Waals surface area contributed by atoms with Crippen LogP contribution in [0.3, 0.4) is 0 Å². The molecule has 0 aromatic heterocycles. The summed E-state index contributed by atoms with van der Waals surface area (Å²) >= 11 is 0. The van der Waals surface area contributed by atoms with Gasteiger partial charge in [-0.05, 0) is 19.3 Å². The summed E-state index contributed by atoms with van der Waals surface area (Å²) < 4.78 is 54.1. The average Bonchev–Trinajstić information content (AvgIpc) is 3.01. The lowest BCUT2D eigenvalue weighted by molar-refractivity contribution is -0.146. The molecule has 0 rings (SSSR count). The van der Waals surface area contributed by atoms with Crippen molar-refractivity contribution in [1.82, 2.24) is 0 Å². The van der Waals surface area contributed by atoms with Gasteiger partial charge in [0, 0.05) is 19.4 Å². The van der Waals surface area contributed by atoms with Gasteiger partial charge in [-0.2, -0.15) is 0 Å². The van der Waals surface area contributed by atoms with Gasteiger partial charge in [0.05, 0.1) is 112 Å². The minimum atomic E-state index is -0.860. The van der Waals surface area contributed by atoms with Gasteiger partial charge in [-0.3, -0.25) is 9.59 Å². The summed E-state index contributed by atoms with van der Waals surface area (Å²) in [5.74, 6) is -1.20. The summed E-state index contributed by atoms with van der Waals surface area (Å²) in [7, 11) is 0. The third-order valence-electron chi connectivity index (χ3n) is 5.88. The lowest BCUT2D eigenvalue weighted by atomic mass is 10.2. The van der Waals surface area contributed by atoms with Gasteiger partial charge in [-0.1, -0.05) is 32.6 Å². The zero-order valence-electron chi connectivity index (χ0n) is 27.1. The molecule has 0 saturated carbocycles. The number of carbonyl (C=O) groups excluding carboxylic acids is 1. The Bertz CT molecular complexity index is 595. The minimum Gasteiger partial charge on any atom is -0.481 e. The molecule has 0 aromatic carbocycles. The maximum atomic E-state index is 11.5. The molecule has 0 radical (unpaired) electrons. The van der Waals surface area contributed by atoms with Crippen molar-refractivity contribution >= 4 is 11.9 Å². The van der Waals surface area contributed by atoms with Crippen LogP contribution in [0.4, 0.5) is 0 Å². The standard InChI is InChI=1S/C31H60O13/c1-2-3-4-5-8-11-35-12-13-36-14-15-37-16-17-38-18-19-39-20-21-40-22-23-41-24-25-42-26-27-43-28-29-44-31(34)10-7-6-9-30(32)33/h2-29H2,1H3,(H,32,33). The van der Waals surface area contributed by atoms with Crippen molar-refractivity contribution in [1.29, 1.82) is 0 Å². The smallest absolute Gasteiger partial charge is 0.305 e. The van der Waals surface area contributed by atoms with E-state index in [4.69, 9.17) is 52.5 Å². The van der Waals surface area contributed by atoms with Crippen LogP contribution in [0.15, 0.2) is 0 Å². The van der Waals surface area contributed by atoms with E-state index in [-0.39, 0.29) is 32.0 Å². The molecule has 1 N–H and O–H groups in total. The summed E-state index contributed by atoms with van der Waals surface area (Å²) in [6.07, 6.45) is 7.49. The summed E-state index contributed by atoms with van der Waals surface area (Å²) in [6.45, 7) is 11.6. The molecule has 44 heavy (non-hydrogen) atoms. The van der Waals surface area contributed by atoms with Crippen molar-refractivity contribution in [3.8, 4) is 0 Å². The summed E-state index contributed by atoms with van der Waals surface area (Å²) in [6, 6.07) is 0. The first-order chi connectivity index (χ1) is 21.7. The average molecular weight is 641 g/mol. The quantitative estimate of drug-likeness (QED) is 0.0778. The van der Waals surface area contributed by atoms with Gasteiger partial charge in [0.2, 0.25) is 0 Å². The lowest BCUT2D eigenvalue weighted by Gasteiger charge is -2.09. The number of esters is 1. The van der Waals surface area contributed by atoms with Crippen LogP contribution in [0.2, 0.25) is 0 Å². The van der Waals surface area contributed by atoms with Crippen LogP contribution in [-0.2, 0) is 57.0 Å². The molecule has 0 aliphatic carbocycles. The zero-order valence-corrected chi connectivity index (χ0v) is 27.1. The molecule has 0 spiro atoms. The molecule has 0 aliphatic heterocycles. The predicted octanol–water partition coefficient (Wildman–Crippen LogP) is 3.29. The Morgan fingerprint density at radius 3 is 1.07 bits per heavy atom. The Balaban J connectivity index is 3.09. The maximum absolute atomic E-state index is 11.5. The highest BCUT2D eigenvalue weighted by atomic mass is 16.6. The molecule has 0 aliphatic rings. The largest absolute Gasteiger partial charge is 0.481 e. The number of hydrogen-bond donors (Lipinski definition) is 1. The first-order valence-electron chi connectivity index (χ1n) is 16.2. The normalized spacial score (nSPS) is 11.3. The molecule has 262 valence electrons. The van der Waals surface area contributed by atoms with Crippen LogP contribution >= 0.6 is 0 Å². The second-order valence-corrected chi connectivity index (χ2v) is 9.75. The second-order valence-electron chi connectivity index (χ2n) is 9.75. The third kappa shape index (κ3) is 38.6. The number of ether oxygens (including phenoxy) is 10. The SMILES string of the molecule is CCCCCCCOCCOCCOCCOCCOCCOCCOCCOCCOCCOC(=O)CCCCC(=O)O. The Kier molecular flexibility index (Phi) is 36.5. The Morgan fingerprint density at radius 1 is 0.386 bits per heavy atom. The molecule has 0 bridgehead atoms.